The second kappa shape index (κ2) is 10.9. The van der Waals surface area contributed by atoms with Gasteiger partial charge in [0.15, 0.2) is 0 Å². The molecule has 10 heteroatoms. The molecule has 3 aliphatic rings. The van der Waals surface area contributed by atoms with Crippen LogP contribution in [-0.2, 0) is 4.74 Å². The molecule has 1 aliphatic carbocycles. The van der Waals surface area contributed by atoms with Gasteiger partial charge in [0, 0.05) is 37.6 Å². The molecule has 1 aromatic carbocycles. The Morgan fingerprint density at radius 3 is 2.58 bits per heavy atom. The summed E-state index contributed by atoms with van der Waals surface area (Å²) in [5.41, 5.74) is 3.35. The van der Waals surface area contributed by atoms with Crippen molar-refractivity contribution in [3.63, 3.8) is 0 Å². The van der Waals surface area contributed by atoms with Crippen LogP contribution in [0.15, 0.2) is 30.3 Å². The van der Waals surface area contributed by atoms with Gasteiger partial charge in [-0.1, -0.05) is 11.9 Å². The van der Waals surface area contributed by atoms with Gasteiger partial charge in [0.1, 0.15) is 11.6 Å². The van der Waals surface area contributed by atoms with Crippen LogP contribution < -0.4 is 19.8 Å². The topological polar surface area (TPSA) is 114 Å². The lowest BCUT2D eigenvalue weighted by atomic mass is 9.93. The summed E-state index contributed by atoms with van der Waals surface area (Å²) in [6.07, 6.45) is 4.94. The van der Waals surface area contributed by atoms with Crippen LogP contribution in [0.3, 0.4) is 0 Å². The SMILES string of the molecule is N#Cc1cc(NC(=O)c2ccc(NSCCO)cc2N2CCC3(CC2)CC3)nc(N2CCOCC2)c1. The Morgan fingerprint density at radius 1 is 1.11 bits per heavy atom. The zero-order chi connectivity index (χ0) is 25.0. The second-order valence-electron chi connectivity index (χ2n) is 9.66. The lowest BCUT2D eigenvalue weighted by molar-refractivity contribution is 0.102. The van der Waals surface area contributed by atoms with Gasteiger partial charge >= 0.3 is 0 Å². The van der Waals surface area contributed by atoms with Crippen LogP contribution in [0.5, 0.6) is 0 Å². The van der Waals surface area contributed by atoms with Crippen LogP contribution in [0.1, 0.15) is 41.6 Å². The van der Waals surface area contributed by atoms with Gasteiger partial charge < -0.3 is 29.7 Å². The van der Waals surface area contributed by atoms with Gasteiger partial charge in [-0.25, -0.2) is 4.98 Å². The van der Waals surface area contributed by atoms with E-state index in [2.05, 4.69) is 30.9 Å². The number of amides is 1. The molecule has 3 fully saturated rings. The number of pyridine rings is 1. The fourth-order valence-corrected chi connectivity index (χ4v) is 5.40. The molecule has 190 valence electrons. The van der Waals surface area contributed by atoms with Crippen molar-refractivity contribution < 1.29 is 14.6 Å². The summed E-state index contributed by atoms with van der Waals surface area (Å²) in [5.74, 6) is 1.36. The minimum atomic E-state index is -0.248. The Balaban J connectivity index is 1.38. The van der Waals surface area contributed by atoms with E-state index < -0.39 is 0 Å². The van der Waals surface area contributed by atoms with Crippen LogP contribution in [0.4, 0.5) is 23.0 Å². The maximum absolute atomic E-state index is 13.5. The summed E-state index contributed by atoms with van der Waals surface area (Å²) in [6, 6.07) is 11.3. The number of piperidine rings is 1. The summed E-state index contributed by atoms with van der Waals surface area (Å²) in [5, 5.41) is 21.6. The number of hydrogen-bond acceptors (Lipinski definition) is 9. The van der Waals surface area contributed by atoms with Crippen molar-refractivity contribution in [1.82, 2.24) is 4.98 Å². The zero-order valence-corrected chi connectivity index (χ0v) is 21.1. The van der Waals surface area contributed by atoms with Crippen LogP contribution in [0.25, 0.3) is 0 Å². The summed E-state index contributed by atoms with van der Waals surface area (Å²) in [4.78, 5) is 22.5. The largest absolute Gasteiger partial charge is 0.395 e. The molecule has 5 rings (SSSR count). The van der Waals surface area contributed by atoms with Crippen LogP contribution in [0.2, 0.25) is 0 Å². The van der Waals surface area contributed by atoms with E-state index >= 15 is 0 Å². The van der Waals surface area contributed by atoms with Crippen molar-refractivity contribution in [1.29, 1.82) is 5.26 Å². The third kappa shape index (κ3) is 5.69. The van der Waals surface area contributed by atoms with Crippen LogP contribution in [0, 0.1) is 16.7 Å². The summed E-state index contributed by atoms with van der Waals surface area (Å²) in [6.45, 7) is 4.56. The quantitative estimate of drug-likeness (QED) is 0.364. The fraction of sp³-hybridized carbons (Fsp3) is 0.500. The molecule has 1 aromatic heterocycles. The summed E-state index contributed by atoms with van der Waals surface area (Å²) >= 11 is 1.43. The van der Waals surface area contributed by atoms with E-state index in [-0.39, 0.29) is 12.5 Å². The van der Waals surface area contributed by atoms with E-state index in [0.29, 0.717) is 60.2 Å². The predicted molar refractivity (Wildman–Crippen MR) is 143 cm³/mol. The number of morpholine rings is 1. The lowest BCUT2D eigenvalue weighted by Gasteiger charge is -2.35. The van der Waals surface area contributed by atoms with E-state index in [0.717, 1.165) is 37.3 Å². The monoisotopic (exact) mass is 508 g/mol. The highest BCUT2D eigenvalue weighted by atomic mass is 32.2. The standard InChI is InChI=1S/C26H32N6O3S/c27-18-19-15-23(28-24(16-19)32-9-12-35-13-10-32)29-25(34)21-2-1-20(30-36-14-11-33)17-22(21)31-7-5-26(3-4-26)6-8-31/h1-2,15-17,30,33H,3-14H2,(H,28,29,34). The minimum absolute atomic E-state index is 0.0976. The molecule has 2 aromatic rings. The molecule has 3 N–H and O–H groups in total. The van der Waals surface area contributed by atoms with Crippen molar-refractivity contribution in [3.8, 4) is 6.07 Å². The van der Waals surface area contributed by atoms with E-state index in [1.807, 2.05) is 18.2 Å². The second-order valence-corrected chi connectivity index (χ2v) is 10.6. The Kier molecular flexibility index (Phi) is 7.51. The molecule has 36 heavy (non-hydrogen) atoms. The molecule has 0 unspecified atom stereocenters. The fourth-order valence-electron chi connectivity index (χ4n) is 4.91. The first-order valence-electron chi connectivity index (χ1n) is 12.5. The molecule has 2 saturated heterocycles. The zero-order valence-electron chi connectivity index (χ0n) is 20.3. The van der Waals surface area contributed by atoms with Gasteiger partial charge in [-0.15, -0.1) is 0 Å². The predicted octanol–water partition coefficient (Wildman–Crippen LogP) is 3.47. The summed E-state index contributed by atoms with van der Waals surface area (Å²) < 4.78 is 8.69. The molecule has 1 saturated carbocycles. The molecule has 3 heterocycles. The number of hydrogen-bond donors (Lipinski definition) is 3. The molecule has 0 atom stereocenters. The smallest absolute Gasteiger partial charge is 0.258 e. The lowest BCUT2D eigenvalue weighted by Crippen LogP contribution is -2.37. The van der Waals surface area contributed by atoms with Gasteiger partial charge in [0.25, 0.3) is 5.91 Å². The highest BCUT2D eigenvalue weighted by molar-refractivity contribution is 8.00. The number of benzene rings is 1. The molecule has 9 nitrogen and oxygen atoms in total. The van der Waals surface area contributed by atoms with E-state index in [4.69, 9.17) is 9.84 Å². The molecular formula is C26H32N6O3S. The highest BCUT2D eigenvalue weighted by Gasteiger charge is 2.44. The van der Waals surface area contributed by atoms with Crippen LogP contribution >= 0.6 is 11.9 Å². The molecule has 1 spiro atoms. The van der Waals surface area contributed by atoms with Gasteiger partial charge in [0.2, 0.25) is 0 Å². The van der Waals surface area contributed by atoms with Crippen molar-refractivity contribution in [2.24, 2.45) is 5.41 Å². The van der Waals surface area contributed by atoms with Gasteiger partial charge in [-0.05, 0) is 61.4 Å². The Morgan fingerprint density at radius 2 is 1.89 bits per heavy atom. The average Bonchev–Trinajstić information content (AvgIpc) is 3.68. The van der Waals surface area contributed by atoms with Gasteiger partial charge in [-0.2, -0.15) is 5.26 Å². The van der Waals surface area contributed by atoms with Crippen molar-refractivity contribution >= 4 is 40.9 Å². The number of anilines is 4. The first-order valence-corrected chi connectivity index (χ1v) is 13.5. The average molecular weight is 509 g/mol. The Labute approximate surface area is 216 Å². The molecule has 2 aliphatic heterocycles. The Bertz CT molecular complexity index is 1130. The number of nitriles is 1. The number of ether oxygens (including phenoxy) is 1. The maximum atomic E-state index is 13.5. The van der Waals surface area contributed by atoms with E-state index in [1.165, 1.54) is 24.8 Å². The molecule has 1 amide bonds. The number of aliphatic hydroxyl groups excluding tert-OH is 1. The first-order chi connectivity index (χ1) is 17.6. The summed E-state index contributed by atoms with van der Waals surface area (Å²) in [7, 11) is 0. The number of nitrogens with zero attached hydrogens (tertiary/aromatic N) is 4. The van der Waals surface area contributed by atoms with Gasteiger partial charge in [-0.3, -0.25) is 4.79 Å². The molecule has 0 radical (unpaired) electrons. The van der Waals surface area contributed by atoms with E-state index in [9.17, 15) is 10.1 Å². The van der Waals surface area contributed by atoms with Crippen molar-refractivity contribution in [2.45, 2.75) is 25.7 Å². The van der Waals surface area contributed by atoms with Crippen LogP contribution in [-0.4, -0.2) is 67.8 Å². The highest BCUT2D eigenvalue weighted by Crippen LogP contribution is 2.54. The number of nitrogens with one attached hydrogen (secondary N) is 2. The number of carbonyl (C=O) groups is 1. The van der Waals surface area contributed by atoms with E-state index in [1.54, 1.807) is 12.1 Å². The number of rotatable bonds is 8. The maximum Gasteiger partial charge on any atom is 0.258 e. The first kappa shape index (κ1) is 24.7. The number of carbonyl (C=O) groups excluding carboxylic acids is 1. The number of aromatic nitrogens is 1. The third-order valence-electron chi connectivity index (χ3n) is 7.27. The normalized spacial score (nSPS) is 18.6. The van der Waals surface area contributed by atoms with Crippen molar-refractivity contribution in [3.05, 3.63) is 41.5 Å². The third-order valence-corrected chi connectivity index (χ3v) is 8.03. The van der Waals surface area contributed by atoms with Crippen molar-refractivity contribution in [2.75, 3.05) is 71.6 Å². The molecule has 0 bridgehead atoms. The molecular weight excluding hydrogens is 476 g/mol. The minimum Gasteiger partial charge on any atom is -0.395 e. The van der Waals surface area contributed by atoms with Gasteiger partial charge in [0.05, 0.1) is 42.7 Å². The Hall–Kier alpha value is -3.00. The number of aliphatic hydroxyl groups is 1.